The Bertz CT molecular complexity index is 771. The minimum atomic E-state index is -1.08. The largest absolute Gasteiger partial charge is 0.444 e. The van der Waals surface area contributed by atoms with Gasteiger partial charge in [-0.1, -0.05) is 44.2 Å². The molecule has 1 aromatic carbocycles. The molecule has 2 amide bonds. The van der Waals surface area contributed by atoms with E-state index in [2.05, 4.69) is 10.6 Å². The van der Waals surface area contributed by atoms with Gasteiger partial charge in [-0.05, 0) is 64.4 Å². The molecule has 1 aromatic rings. The second-order valence-electron chi connectivity index (χ2n) is 10.2. The molecule has 0 saturated carbocycles. The van der Waals surface area contributed by atoms with Crippen molar-refractivity contribution in [3.05, 3.63) is 35.9 Å². The van der Waals surface area contributed by atoms with Crippen molar-refractivity contribution < 1.29 is 28.6 Å². The van der Waals surface area contributed by atoms with E-state index in [4.69, 9.17) is 14.2 Å². The van der Waals surface area contributed by atoms with E-state index < -0.39 is 42.1 Å². The predicted molar refractivity (Wildman–Crippen MR) is 129 cm³/mol. The molecule has 0 spiro atoms. The summed E-state index contributed by atoms with van der Waals surface area (Å²) in [6.45, 7) is 9.83. The zero-order valence-corrected chi connectivity index (χ0v) is 21.0. The Kier molecular flexibility index (Phi) is 11.0. The van der Waals surface area contributed by atoms with E-state index in [1.54, 1.807) is 20.8 Å². The Morgan fingerprint density at radius 1 is 1.15 bits per heavy atom. The molecular formula is C26H40N2O6. The lowest BCUT2D eigenvalue weighted by Gasteiger charge is -2.33. The van der Waals surface area contributed by atoms with Crippen LogP contribution < -0.4 is 10.6 Å². The highest BCUT2D eigenvalue weighted by Gasteiger charge is 2.36. The second kappa shape index (κ2) is 13.4. The van der Waals surface area contributed by atoms with Crippen LogP contribution in [0.15, 0.2) is 30.3 Å². The lowest BCUT2D eigenvalue weighted by Crippen LogP contribution is -2.56. The molecular weight excluding hydrogens is 436 g/mol. The van der Waals surface area contributed by atoms with Crippen molar-refractivity contribution in [2.45, 2.75) is 96.8 Å². The number of nitrogens with one attached hydrogen (secondary N) is 2. The third-order valence-corrected chi connectivity index (χ3v) is 5.28. The van der Waals surface area contributed by atoms with Gasteiger partial charge in [0.05, 0.1) is 12.1 Å². The molecule has 0 aliphatic carbocycles. The summed E-state index contributed by atoms with van der Waals surface area (Å²) >= 11 is 0. The molecule has 190 valence electrons. The molecule has 1 saturated heterocycles. The van der Waals surface area contributed by atoms with Crippen LogP contribution in [0.2, 0.25) is 0 Å². The van der Waals surface area contributed by atoms with Crippen molar-refractivity contribution in [2.24, 2.45) is 5.92 Å². The predicted octanol–water partition coefficient (Wildman–Crippen LogP) is 3.76. The Morgan fingerprint density at radius 3 is 2.41 bits per heavy atom. The maximum atomic E-state index is 13.4. The zero-order chi connectivity index (χ0) is 25.1. The van der Waals surface area contributed by atoms with Gasteiger partial charge in [0.2, 0.25) is 0 Å². The summed E-state index contributed by atoms with van der Waals surface area (Å²) in [7, 11) is 0. The van der Waals surface area contributed by atoms with Crippen LogP contribution in [0.25, 0.3) is 0 Å². The number of rotatable bonds is 11. The summed E-state index contributed by atoms with van der Waals surface area (Å²) in [5.41, 5.74) is 0.218. The molecule has 8 heteroatoms. The third-order valence-electron chi connectivity index (χ3n) is 5.28. The van der Waals surface area contributed by atoms with E-state index in [-0.39, 0.29) is 5.92 Å². The molecule has 34 heavy (non-hydrogen) atoms. The minimum absolute atomic E-state index is 0.219. The normalized spacial score (nSPS) is 19.1. The molecule has 2 rings (SSSR count). The first-order valence-electron chi connectivity index (χ1n) is 12.1. The van der Waals surface area contributed by atoms with Gasteiger partial charge in [-0.25, -0.2) is 4.79 Å². The van der Waals surface area contributed by atoms with Crippen LogP contribution in [0.3, 0.4) is 0 Å². The molecule has 1 heterocycles. The standard InChI is InChI=1S/C26H40N2O6/c1-18(2)15-20(17-29)27-24(30)23(33-22-13-9-10-14-32-22)21(16-19-11-7-6-8-12-19)28-25(31)34-26(3,4)5/h6-8,11-12,17-18,20-23H,9-10,13-16H2,1-5H3,(H,27,30)(H,28,31). The highest BCUT2D eigenvalue weighted by Crippen LogP contribution is 2.20. The average Bonchev–Trinajstić information content (AvgIpc) is 2.76. The van der Waals surface area contributed by atoms with Gasteiger partial charge in [0.15, 0.2) is 12.4 Å². The zero-order valence-electron chi connectivity index (χ0n) is 21.0. The van der Waals surface area contributed by atoms with Crippen LogP contribution in [0.4, 0.5) is 4.79 Å². The Hall–Kier alpha value is -2.45. The van der Waals surface area contributed by atoms with Crippen LogP contribution >= 0.6 is 0 Å². The number of amides is 2. The fourth-order valence-electron chi connectivity index (χ4n) is 3.80. The quantitative estimate of drug-likeness (QED) is 0.472. The molecule has 1 aliphatic heterocycles. The van der Waals surface area contributed by atoms with Crippen molar-refractivity contribution in [1.82, 2.24) is 10.6 Å². The van der Waals surface area contributed by atoms with Gasteiger partial charge < -0.3 is 29.6 Å². The van der Waals surface area contributed by atoms with Crippen molar-refractivity contribution in [1.29, 1.82) is 0 Å². The van der Waals surface area contributed by atoms with E-state index in [1.807, 2.05) is 44.2 Å². The first-order chi connectivity index (χ1) is 16.1. The van der Waals surface area contributed by atoms with Crippen molar-refractivity contribution in [3.63, 3.8) is 0 Å². The van der Waals surface area contributed by atoms with E-state index in [0.717, 1.165) is 24.7 Å². The van der Waals surface area contributed by atoms with Gasteiger partial charge in [0.1, 0.15) is 11.9 Å². The third kappa shape index (κ3) is 10.2. The SMILES string of the molecule is CC(C)CC(C=O)NC(=O)C(OC1CCCCO1)C(Cc1ccccc1)NC(=O)OC(C)(C)C. The highest BCUT2D eigenvalue weighted by atomic mass is 16.7. The monoisotopic (exact) mass is 476 g/mol. The number of alkyl carbamates (subject to hydrolysis) is 1. The number of ether oxygens (including phenoxy) is 3. The van der Waals surface area contributed by atoms with Crippen LogP contribution in [-0.4, -0.2) is 55.0 Å². The van der Waals surface area contributed by atoms with Crippen LogP contribution in [0.1, 0.15) is 65.9 Å². The van der Waals surface area contributed by atoms with Gasteiger partial charge in [0.25, 0.3) is 5.91 Å². The molecule has 0 radical (unpaired) electrons. The molecule has 0 bridgehead atoms. The number of hydrogen-bond acceptors (Lipinski definition) is 6. The molecule has 4 unspecified atom stereocenters. The van der Waals surface area contributed by atoms with Crippen LogP contribution in [-0.2, 0) is 30.2 Å². The van der Waals surface area contributed by atoms with Crippen molar-refractivity contribution in [3.8, 4) is 0 Å². The van der Waals surface area contributed by atoms with Crippen molar-refractivity contribution in [2.75, 3.05) is 6.61 Å². The summed E-state index contributed by atoms with van der Waals surface area (Å²) < 4.78 is 17.3. The van der Waals surface area contributed by atoms with E-state index in [1.165, 1.54) is 0 Å². The molecule has 1 fully saturated rings. The van der Waals surface area contributed by atoms with E-state index >= 15 is 0 Å². The minimum Gasteiger partial charge on any atom is -0.444 e. The molecule has 2 N–H and O–H groups in total. The average molecular weight is 477 g/mol. The fraction of sp³-hybridized carbons (Fsp3) is 0.654. The smallest absolute Gasteiger partial charge is 0.407 e. The number of aldehydes is 1. The van der Waals surface area contributed by atoms with Gasteiger partial charge in [-0.15, -0.1) is 0 Å². The Labute approximate surface area is 203 Å². The summed E-state index contributed by atoms with van der Waals surface area (Å²) in [6.07, 6.45) is 1.79. The first kappa shape index (κ1) is 27.8. The van der Waals surface area contributed by atoms with Gasteiger partial charge >= 0.3 is 6.09 Å². The maximum Gasteiger partial charge on any atom is 0.407 e. The maximum absolute atomic E-state index is 13.4. The van der Waals surface area contributed by atoms with Crippen molar-refractivity contribution >= 4 is 18.3 Å². The van der Waals surface area contributed by atoms with Gasteiger partial charge in [-0.3, -0.25) is 4.79 Å². The molecule has 4 atom stereocenters. The Balaban J connectivity index is 2.30. The summed E-state index contributed by atoms with van der Waals surface area (Å²) in [5.74, 6) is -0.250. The topological polar surface area (TPSA) is 103 Å². The fourth-order valence-corrected chi connectivity index (χ4v) is 3.80. The lowest BCUT2D eigenvalue weighted by molar-refractivity contribution is -0.197. The molecule has 0 aromatic heterocycles. The number of hydrogen-bond donors (Lipinski definition) is 2. The van der Waals surface area contributed by atoms with Crippen LogP contribution in [0.5, 0.6) is 0 Å². The highest BCUT2D eigenvalue weighted by molar-refractivity contribution is 5.85. The van der Waals surface area contributed by atoms with Gasteiger partial charge in [0, 0.05) is 6.61 Å². The first-order valence-corrected chi connectivity index (χ1v) is 12.1. The van der Waals surface area contributed by atoms with Crippen LogP contribution in [0, 0.1) is 5.92 Å². The Morgan fingerprint density at radius 2 is 1.85 bits per heavy atom. The summed E-state index contributed by atoms with van der Waals surface area (Å²) in [4.78, 5) is 37.7. The molecule has 8 nitrogen and oxygen atoms in total. The summed E-state index contributed by atoms with van der Waals surface area (Å²) in [5, 5.41) is 5.63. The van der Waals surface area contributed by atoms with E-state index in [9.17, 15) is 14.4 Å². The summed E-state index contributed by atoms with van der Waals surface area (Å²) in [6, 6.07) is 8.14. The number of benzene rings is 1. The lowest BCUT2D eigenvalue weighted by atomic mass is 9.99. The van der Waals surface area contributed by atoms with E-state index in [0.29, 0.717) is 25.9 Å². The number of carbonyl (C=O) groups excluding carboxylic acids is 3. The number of carbonyl (C=O) groups is 3. The molecule has 1 aliphatic rings. The van der Waals surface area contributed by atoms with Gasteiger partial charge in [-0.2, -0.15) is 0 Å². The second-order valence-corrected chi connectivity index (χ2v) is 10.2.